The summed E-state index contributed by atoms with van der Waals surface area (Å²) in [6.07, 6.45) is 0. The lowest BCUT2D eigenvalue weighted by atomic mass is 10.2. The lowest BCUT2D eigenvalue weighted by Crippen LogP contribution is -2.09. The van der Waals surface area contributed by atoms with Gasteiger partial charge in [0.25, 0.3) is 0 Å². The Bertz CT molecular complexity index is 677. The number of benzene rings is 1. The first-order valence-electron chi connectivity index (χ1n) is 5.43. The Morgan fingerprint density at radius 2 is 2.11 bits per heavy atom. The van der Waals surface area contributed by atoms with E-state index in [9.17, 15) is 12.8 Å². The topological polar surface area (TPSA) is 60.2 Å². The lowest BCUT2D eigenvalue weighted by Gasteiger charge is -2.06. The second kappa shape index (κ2) is 5.30. The predicted octanol–water partition coefficient (Wildman–Crippen LogP) is 2.89. The maximum absolute atomic E-state index is 13.5. The van der Waals surface area contributed by atoms with Crippen molar-refractivity contribution in [2.75, 3.05) is 0 Å². The first-order valence-corrected chi connectivity index (χ1v) is 7.63. The summed E-state index contributed by atoms with van der Waals surface area (Å²) in [4.78, 5) is 0. The first kappa shape index (κ1) is 14.0. The molecule has 0 aliphatic carbocycles. The molecule has 2 rings (SSSR count). The van der Waals surface area contributed by atoms with Crippen LogP contribution >= 0.6 is 11.6 Å². The largest absolute Gasteiger partial charge is 0.361 e. The molecule has 0 N–H and O–H groups in total. The highest BCUT2D eigenvalue weighted by molar-refractivity contribution is 7.89. The van der Waals surface area contributed by atoms with E-state index in [-0.39, 0.29) is 16.3 Å². The number of aromatic nitrogens is 1. The van der Waals surface area contributed by atoms with Gasteiger partial charge in [0, 0.05) is 16.7 Å². The molecule has 0 unspecified atom stereocenters. The molecule has 0 saturated carbocycles. The Balaban J connectivity index is 2.22. The summed E-state index contributed by atoms with van der Waals surface area (Å²) in [6, 6.07) is 5.59. The Hall–Kier alpha value is -1.40. The smallest absolute Gasteiger partial charge is 0.160 e. The molecule has 7 heteroatoms. The summed E-state index contributed by atoms with van der Waals surface area (Å²) < 4.78 is 42.3. The number of halogens is 2. The van der Waals surface area contributed by atoms with Crippen LogP contribution in [0.3, 0.4) is 0 Å². The molecule has 0 fully saturated rings. The van der Waals surface area contributed by atoms with Gasteiger partial charge in [-0.15, -0.1) is 0 Å². The van der Waals surface area contributed by atoms with E-state index in [2.05, 4.69) is 5.16 Å². The Kier molecular flexibility index (Phi) is 3.91. The average molecular weight is 304 g/mol. The molecule has 1 aromatic carbocycles. The number of nitrogens with zero attached hydrogens (tertiary/aromatic N) is 1. The number of rotatable bonds is 4. The minimum atomic E-state index is -3.57. The van der Waals surface area contributed by atoms with Crippen LogP contribution in [0.4, 0.5) is 4.39 Å². The van der Waals surface area contributed by atoms with Gasteiger partial charge in [-0.1, -0.05) is 22.8 Å². The van der Waals surface area contributed by atoms with Crippen molar-refractivity contribution < 1.29 is 17.3 Å². The van der Waals surface area contributed by atoms with Crippen molar-refractivity contribution in [3.63, 3.8) is 0 Å². The predicted molar refractivity (Wildman–Crippen MR) is 69.0 cm³/mol. The average Bonchev–Trinajstić information content (AvgIpc) is 2.69. The third-order valence-corrected chi connectivity index (χ3v) is 4.29. The highest BCUT2D eigenvalue weighted by Crippen LogP contribution is 2.22. The Labute approximate surface area is 115 Å². The standard InChI is InChI=1S/C12H11ClFNO3S/c1-8-5-9(15-18-8)6-19(16,17)7-10-11(13)3-2-4-12(10)14/h2-5H,6-7H2,1H3. The summed E-state index contributed by atoms with van der Waals surface area (Å²) in [5, 5.41) is 3.70. The van der Waals surface area contributed by atoms with Crippen LogP contribution in [0.2, 0.25) is 5.02 Å². The third-order valence-electron chi connectivity index (χ3n) is 2.47. The zero-order valence-corrected chi connectivity index (χ0v) is 11.6. The van der Waals surface area contributed by atoms with Gasteiger partial charge in [0.15, 0.2) is 9.84 Å². The molecule has 0 amide bonds. The monoisotopic (exact) mass is 303 g/mol. The highest BCUT2D eigenvalue weighted by Gasteiger charge is 2.19. The molecule has 19 heavy (non-hydrogen) atoms. The first-order chi connectivity index (χ1) is 8.87. The molecule has 4 nitrogen and oxygen atoms in total. The fourth-order valence-electron chi connectivity index (χ4n) is 1.65. The molecule has 1 heterocycles. The zero-order chi connectivity index (χ0) is 14.0. The van der Waals surface area contributed by atoms with Crippen molar-refractivity contribution in [1.29, 1.82) is 0 Å². The summed E-state index contributed by atoms with van der Waals surface area (Å²) in [7, 11) is -3.57. The number of hydrogen-bond acceptors (Lipinski definition) is 4. The van der Waals surface area contributed by atoms with E-state index in [0.717, 1.165) is 0 Å². The Morgan fingerprint density at radius 1 is 1.37 bits per heavy atom. The molecule has 0 aliphatic heterocycles. The molecule has 2 aromatic rings. The van der Waals surface area contributed by atoms with E-state index in [1.165, 1.54) is 24.3 Å². The summed E-state index contributed by atoms with van der Waals surface area (Å²) in [5.41, 5.74) is 0.273. The van der Waals surface area contributed by atoms with Gasteiger partial charge in [0.2, 0.25) is 0 Å². The van der Waals surface area contributed by atoms with E-state index in [1.54, 1.807) is 6.92 Å². The maximum Gasteiger partial charge on any atom is 0.160 e. The van der Waals surface area contributed by atoms with Gasteiger partial charge in [-0.05, 0) is 19.1 Å². The zero-order valence-electron chi connectivity index (χ0n) is 10.1. The third kappa shape index (κ3) is 3.54. The normalized spacial score (nSPS) is 11.7. The Morgan fingerprint density at radius 3 is 2.68 bits per heavy atom. The minimum absolute atomic E-state index is 0.0237. The van der Waals surface area contributed by atoms with E-state index in [0.29, 0.717) is 11.5 Å². The summed E-state index contributed by atoms with van der Waals surface area (Å²) >= 11 is 5.80. The van der Waals surface area contributed by atoms with Crippen molar-refractivity contribution in [3.8, 4) is 0 Å². The SMILES string of the molecule is Cc1cc(CS(=O)(=O)Cc2c(F)cccc2Cl)no1. The highest BCUT2D eigenvalue weighted by atomic mass is 35.5. The summed E-state index contributed by atoms with van der Waals surface area (Å²) in [6.45, 7) is 1.66. The van der Waals surface area contributed by atoms with Gasteiger partial charge in [-0.3, -0.25) is 0 Å². The van der Waals surface area contributed by atoms with Crippen LogP contribution in [-0.2, 0) is 21.3 Å². The van der Waals surface area contributed by atoms with Crippen LogP contribution < -0.4 is 0 Å². The van der Waals surface area contributed by atoms with E-state index in [1.807, 2.05) is 0 Å². The fraction of sp³-hybridized carbons (Fsp3) is 0.250. The van der Waals surface area contributed by atoms with Crippen LogP contribution in [0.15, 0.2) is 28.8 Å². The molecule has 102 valence electrons. The second-order valence-corrected chi connectivity index (χ2v) is 6.63. The van der Waals surface area contributed by atoms with Crippen LogP contribution in [0, 0.1) is 12.7 Å². The minimum Gasteiger partial charge on any atom is -0.361 e. The van der Waals surface area contributed by atoms with Crippen molar-refractivity contribution in [2.24, 2.45) is 0 Å². The van der Waals surface area contributed by atoms with Crippen molar-refractivity contribution in [2.45, 2.75) is 18.4 Å². The number of hydrogen-bond donors (Lipinski definition) is 0. The lowest BCUT2D eigenvalue weighted by molar-refractivity contribution is 0.392. The molecule has 0 aliphatic rings. The van der Waals surface area contributed by atoms with Crippen LogP contribution in [0.1, 0.15) is 17.0 Å². The fourth-order valence-corrected chi connectivity index (χ4v) is 3.38. The van der Waals surface area contributed by atoms with Gasteiger partial charge < -0.3 is 4.52 Å². The molecular weight excluding hydrogens is 293 g/mol. The van der Waals surface area contributed by atoms with Crippen molar-refractivity contribution in [1.82, 2.24) is 5.16 Å². The van der Waals surface area contributed by atoms with Crippen molar-refractivity contribution in [3.05, 3.63) is 52.1 Å². The summed E-state index contributed by atoms with van der Waals surface area (Å²) in [5.74, 6) is -0.888. The number of sulfone groups is 1. The van der Waals surface area contributed by atoms with Crippen LogP contribution in [0.5, 0.6) is 0 Å². The quantitative estimate of drug-likeness (QED) is 0.871. The number of aryl methyl sites for hydroxylation is 1. The van der Waals surface area contributed by atoms with E-state index < -0.39 is 21.4 Å². The van der Waals surface area contributed by atoms with Gasteiger partial charge in [-0.2, -0.15) is 0 Å². The van der Waals surface area contributed by atoms with Gasteiger partial charge in [0.1, 0.15) is 11.6 Å². The van der Waals surface area contributed by atoms with Crippen LogP contribution in [-0.4, -0.2) is 13.6 Å². The second-order valence-electron chi connectivity index (χ2n) is 4.16. The van der Waals surface area contributed by atoms with Crippen LogP contribution in [0.25, 0.3) is 0 Å². The van der Waals surface area contributed by atoms with E-state index in [4.69, 9.17) is 16.1 Å². The van der Waals surface area contributed by atoms with Gasteiger partial charge >= 0.3 is 0 Å². The maximum atomic E-state index is 13.5. The van der Waals surface area contributed by atoms with Crippen molar-refractivity contribution >= 4 is 21.4 Å². The molecule has 0 saturated heterocycles. The van der Waals surface area contributed by atoms with Gasteiger partial charge in [-0.25, -0.2) is 12.8 Å². The molecule has 0 bridgehead atoms. The molecular formula is C12H11ClFNO3S. The molecule has 0 radical (unpaired) electrons. The van der Waals surface area contributed by atoms with E-state index >= 15 is 0 Å². The molecule has 0 spiro atoms. The molecule has 0 atom stereocenters. The van der Waals surface area contributed by atoms with Gasteiger partial charge in [0.05, 0.1) is 17.2 Å². The molecule has 1 aromatic heterocycles.